The minimum Gasteiger partial charge on any atom is -0.330 e. The van der Waals surface area contributed by atoms with Gasteiger partial charge in [0.25, 0.3) is 0 Å². The van der Waals surface area contributed by atoms with Crippen LogP contribution >= 0.6 is 0 Å². The van der Waals surface area contributed by atoms with E-state index in [-0.39, 0.29) is 5.25 Å². The van der Waals surface area contributed by atoms with Gasteiger partial charge in [-0.1, -0.05) is 18.2 Å². The molecule has 1 unspecified atom stereocenters. The van der Waals surface area contributed by atoms with Crippen LogP contribution < -0.4 is 5.73 Å². The van der Waals surface area contributed by atoms with Gasteiger partial charge in [0.1, 0.15) is 0 Å². The van der Waals surface area contributed by atoms with Gasteiger partial charge >= 0.3 is 0 Å². The molecule has 1 aromatic rings. The summed E-state index contributed by atoms with van der Waals surface area (Å²) >= 11 is 0. The fraction of sp³-hybridized carbons (Fsp3) is 0.500. The molecule has 0 saturated heterocycles. The Kier molecular flexibility index (Phi) is 3.04. The number of nitrogens with two attached hydrogens (primary N) is 1. The normalized spacial score (nSPS) is 22.0. The maximum atomic E-state index is 12.1. The van der Waals surface area contributed by atoms with Crippen molar-refractivity contribution >= 4 is 9.84 Å². The standard InChI is InChI=1S/C12H17NO2S/c1-9-8-11-5-2-4-10(6-3-7-13)12(11)16(9,14)15/h2,4-5,9H,3,6-8,13H2,1H3. The molecule has 1 aliphatic heterocycles. The number of benzene rings is 1. The molecule has 0 fully saturated rings. The minimum atomic E-state index is -3.09. The van der Waals surface area contributed by atoms with E-state index >= 15 is 0 Å². The molecule has 0 radical (unpaired) electrons. The Morgan fingerprint density at radius 2 is 2.19 bits per heavy atom. The fourth-order valence-corrected chi connectivity index (χ4v) is 4.13. The number of hydrogen-bond donors (Lipinski definition) is 1. The van der Waals surface area contributed by atoms with Crippen LogP contribution in [0, 0.1) is 0 Å². The number of fused-ring (bicyclic) bond motifs is 1. The van der Waals surface area contributed by atoms with Crippen LogP contribution in [0.15, 0.2) is 23.1 Å². The highest BCUT2D eigenvalue weighted by molar-refractivity contribution is 7.92. The van der Waals surface area contributed by atoms with Gasteiger partial charge in [0, 0.05) is 0 Å². The molecule has 0 bridgehead atoms. The summed E-state index contributed by atoms with van der Waals surface area (Å²) < 4.78 is 24.3. The lowest BCUT2D eigenvalue weighted by Crippen LogP contribution is -2.13. The van der Waals surface area contributed by atoms with E-state index in [1.807, 2.05) is 18.2 Å². The Bertz CT molecular complexity index is 494. The van der Waals surface area contributed by atoms with Crippen LogP contribution in [0.2, 0.25) is 0 Å². The Hall–Kier alpha value is -0.870. The van der Waals surface area contributed by atoms with Crippen LogP contribution in [0.4, 0.5) is 0 Å². The topological polar surface area (TPSA) is 60.2 Å². The largest absolute Gasteiger partial charge is 0.330 e. The van der Waals surface area contributed by atoms with Gasteiger partial charge in [-0.25, -0.2) is 8.42 Å². The number of hydrogen-bond acceptors (Lipinski definition) is 3. The van der Waals surface area contributed by atoms with E-state index in [1.165, 1.54) is 0 Å². The Balaban J connectivity index is 2.49. The van der Waals surface area contributed by atoms with Gasteiger partial charge in [-0.3, -0.25) is 0 Å². The average Bonchev–Trinajstić information content (AvgIpc) is 2.48. The third-order valence-electron chi connectivity index (χ3n) is 3.15. The monoisotopic (exact) mass is 239 g/mol. The molecular weight excluding hydrogens is 222 g/mol. The number of sulfone groups is 1. The van der Waals surface area contributed by atoms with Gasteiger partial charge < -0.3 is 5.73 Å². The molecular formula is C12H17NO2S. The van der Waals surface area contributed by atoms with Crippen molar-refractivity contribution in [3.63, 3.8) is 0 Å². The zero-order chi connectivity index (χ0) is 11.8. The van der Waals surface area contributed by atoms with E-state index in [0.717, 1.165) is 24.0 Å². The second-order valence-electron chi connectivity index (χ2n) is 4.36. The van der Waals surface area contributed by atoms with Crippen molar-refractivity contribution in [3.8, 4) is 0 Å². The highest BCUT2D eigenvalue weighted by atomic mass is 32.2. The Morgan fingerprint density at radius 3 is 2.88 bits per heavy atom. The molecule has 0 aliphatic carbocycles. The SMILES string of the molecule is CC1Cc2cccc(CCCN)c2S1(=O)=O. The van der Waals surface area contributed by atoms with Crippen LogP contribution in [0.1, 0.15) is 24.5 Å². The smallest absolute Gasteiger partial charge is 0.181 e. The molecule has 1 heterocycles. The molecule has 4 heteroatoms. The van der Waals surface area contributed by atoms with Gasteiger partial charge in [-0.2, -0.15) is 0 Å². The molecule has 3 nitrogen and oxygen atoms in total. The van der Waals surface area contributed by atoms with Gasteiger partial charge in [-0.15, -0.1) is 0 Å². The van der Waals surface area contributed by atoms with Crippen LogP contribution in [0.25, 0.3) is 0 Å². The summed E-state index contributed by atoms with van der Waals surface area (Å²) in [5.74, 6) is 0. The van der Waals surface area contributed by atoms with E-state index in [9.17, 15) is 8.42 Å². The zero-order valence-corrected chi connectivity index (χ0v) is 10.3. The van der Waals surface area contributed by atoms with Crippen LogP contribution in [0.5, 0.6) is 0 Å². The molecule has 16 heavy (non-hydrogen) atoms. The third-order valence-corrected chi connectivity index (χ3v) is 5.47. The lowest BCUT2D eigenvalue weighted by Gasteiger charge is -2.07. The maximum Gasteiger partial charge on any atom is 0.181 e. The average molecular weight is 239 g/mol. The fourth-order valence-electron chi connectivity index (χ4n) is 2.27. The quantitative estimate of drug-likeness (QED) is 0.864. The summed E-state index contributed by atoms with van der Waals surface area (Å²) in [5.41, 5.74) is 7.38. The minimum absolute atomic E-state index is 0.276. The Morgan fingerprint density at radius 1 is 1.44 bits per heavy atom. The molecule has 2 rings (SSSR count). The zero-order valence-electron chi connectivity index (χ0n) is 9.44. The van der Waals surface area contributed by atoms with E-state index in [2.05, 4.69) is 0 Å². The first kappa shape index (κ1) is 11.6. The highest BCUT2D eigenvalue weighted by Crippen LogP contribution is 2.34. The number of aryl methyl sites for hydroxylation is 1. The third kappa shape index (κ3) is 1.76. The van der Waals surface area contributed by atoms with E-state index < -0.39 is 9.84 Å². The second-order valence-corrected chi connectivity index (χ2v) is 6.66. The summed E-state index contributed by atoms with van der Waals surface area (Å²) in [6.07, 6.45) is 2.24. The van der Waals surface area contributed by atoms with Crippen molar-refractivity contribution in [2.75, 3.05) is 6.54 Å². The molecule has 0 amide bonds. The first-order valence-electron chi connectivity index (χ1n) is 5.62. The summed E-state index contributed by atoms with van der Waals surface area (Å²) in [7, 11) is -3.09. The van der Waals surface area contributed by atoms with Crippen molar-refractivity contribution in [2.24, 2.45) is 5.73 Å². The molecule has 88 valence electrons. The Labute approximate surface area is 96.6 Å². The van der Waals surface area contributed by atoms with E-state index in [0.29, 0.717) is 17.9 Å². The van der Waals surface area contributed by atoms with Gasteiger partial charge in [0.05, 0.1) is 10.1 Å². The number of rotatable bonds is 3. The highest BCUT2D eigenvalue weighted by Gasteiger charge is 2.35. The first-order valence-corrected chi connectivity index (χ1v) is 7.16. The van der Waals surface area contributed by atoms with E-state index in [4.69, 9.17) is 5.73 Å². The summed E-state index contributed by atoms with van der Waals surface area (Å²) in [6.45, 7) is 2.38. The molecule has 1 atom stereocenters. The van der Waals surface area contributed by atoms with Gasteiger partial charge in [0.15, 0.2) is 9.84 Å². The molecule has 1 aromatic carbocycles. The molecule has 1 aliphatic rings. The molecule has 0 spiro atoms. The van der Waals surface area contributed by atoms with Crippen molar-refractivity contribution in [3.05, 3.63) is 29.3 Å². The van der Waals surface area contributed by atoms with Gasteiger partial charge in [-0.05, 0) is 43.9 Å². The van der Waals surface area contributed by atoms with Crippen molar-refractivity contribution in [1.29, 1.82) is 0 Å². The van der Waals surface area contributed by atoms with Crippen LogP contribution in [-0.4, -0.2) is 20.2 Å². The predicted molar refractivity (Wildman–Crippen MR) is 64.2 cm³/mol. The lowest BCUT2D eigenvalue weighted by molar-refractivity contribution is 0.589. The summed E-state index contributed by atoms with van der Waals surface area (Å²) in [5, 5.41) is -0.276. The van der Waals surface area contributed by atoms with Crippen LogP contribution in [-0.2, 0) is 22.7 Å². The summed E-state index contributed by atoms with van der Waals surface area (Å²) in [6, 6.07) is 5.77. The van der Waals surface area contributed by atoms with Crippen LogP contribution in [0.3, 0.4) is 0 Å². The second kappa shape index (κ2) is 4.18. The molecule has 0 saturated carbocycles. The van der Waals surface area contributed by atoms with Crippen molar-refractivity contribution in [2.45, 2.75) is 36.3 Å². The van der Waals surface area contributed by atoms with Crippen molar-refractivity contribution < 1.29 is 8.42 Å². The molecule has 2 N–H and O–H groups in total. The summed E-state index contributed by atoms with van der Waals surface area (Å²) in [4.78, 5) is 0.580. The lowest BCUT2D eigenvalue weighted by atomic mass is 10.0. The van der Waals surface area contributed by atoms with E-state index in [1.54, 1.807) is 6.92 Å². The van der Waals surface area contributed by atoms with Gasteiger partial charge in [0.2, 0.25) is 0 Å². The molecule has 0 aromatic heterocycles. The van der Waals surface area contributed by atoms with Crippen molar-refractivity contribution in [1.82, 2.24) is 0 Å². The predicted octanol–water partition coefficient (Wildman–Crippen LogP) is 1.30. The first-order chi connectivity index (χ1) is 7.57. The maximum absolute atomic E-state index is 12.1.